The van der Waals surface area contributed by atoms with E-state index in [-0.39, 0.29) is 17.5 Å². The van der Waals surface area contributed by atoms with Gasteiger partial charge in [-0.15, -0.1) is 0 Å². The molecule has 2 N–H and O–H groups in total. The minimum absolute atomic E-state index is 0.0167. The number of aliphatic hydroxyl groups excluding tert-OH is 1. The number of sulfonamides is 1. The van der Waals surface area contributed by atoms with E-state index >= 15 is 0 Å². The molecule has 0 radical (unpaired) electrons. The number of benzene rings is 1. The van der Waals surface area contributed by atoms with Crippen LogP contribution >= 0.6 is 11.8 Å². The maximum absolute atomic E-state index is 12.3. The number of hydrogen-bond acceptors (Lipinski definition) is 4. The zero-order valence-corrected chi connectivity index (χ0v) is 11.6. The lowest BCUT2D eigenvalue weighted by Crippen LogP contribution is -2.37. The summed E-state index contributed by atoms with van der Waals surface area (Å²) in [6.07, 6.45) is 1.73. The molecule has 0 unspecified atom stereocenters. The van der Waals surface area contributed by atoms with Gasteiger partial charge in [-0.05, 0) is 36.0 Å². The molecular weight excluding hydrogens is 270 g/mol. The van der Waals surface area contributed by atoms with Crippen molar-refractivity contribution in [2.24, 2.45) is 0 Å². The Labute approximate surface area is 112 Å². The van der Waals surface area contributed by atoms with Gasteiger partial charge in [-0.25, -0.2) is 13.1 Å². The average molecular weight is 287 g/mol. The largest absolute Gasteiger partial charge is 0.392 e. The summed E-state index contributed by atoms with van der Waals surface area (Å²) >= 11 is 1.85. The van der Waals surface area contributed by atoms with E-state index in [2.05, 4.69) is 4.72 Å². The second-order valence-electron chi connectivity index (χ2n) is 4.27. The van der Waals surface area contributed by atoms with Gasteiger partial charge in [0.25, 0.3) is 0 Å². The Kier molecular flexibility index (Phi) is 4.66. The summed E-state index contributed by atoms with van der Waals surface area (Å²) < 4.78 is 27.2. The maximum Gasteiger partial charge on any atom is 0.241 e. The highest BCUT2D eigenvalue weighted by atomic mass is 32.2. The van der Waals surface area contributed by atoms with Crippen molar-refractivity contribution in [2.45, 2.75) is 30.4 Å². The van der Waals surface area contributed by atoms with Crippen LogP contribution in [0.15, 0.2) is 29.2 Å². The van der Waals surface area contributed by atoms with Crippen LogP contribution in [0.3, 0.4) is 0 Å². The molecule has 100 valence electrons. The van der Waals surface area contributed by atoms with E-state index in [0.717, 1.165) is 24.3 Å². The van der Waals surface area contributed by atoms with Crippen molar-refractivity contribution < 1.29 is 13.5 Å². The van der Waals surface area contributed by atoms with Gasteiger partial charge in [0.1, 0.15) is 0 Å². The van der Waals surface area contributed by atoms with E-state index in [1.54, 1.807) is 18.2 Å². The highest BCUT2D eigenvalue weighted by molar-refractivity contribution is 7.99. The second-order valence-corrected chi connectivity index (χ2v) is 7.18. The molecule has 1 aliphatic heterocycles. The SMILES string of the molecule is O=S(=O)(NC1CCSCC1)c1ccccc1CO. The molecule has 0 atom stereocenters. The number of rotatable bonds is 4. The minimum Gasteiger partial charge on any atom is -0.392 e. The fourth-order valence-electron chi connectivity index (χ4n) is 1.99. The Bertz CT molecular complexity index is 496. The monoisotopic (exact) mass is 287 g/mol. The van der Waals surface area contributed by atoms with Crippen LogP contribution < -0.4 is 4.72 Å². The summed E-state index contributed by atoms with van der Waals surface area (Å²) in [5.41, 5.74) is 0.440. The van der Waals surface area contributed by atoms with Gasteiger partial charge in [-0.3, -0.25) is 0 Å². The third-order valence-electron chi connectivity index (χ3n) is 2.98. The third-order valence-corrected chi connectivity index (χ3v) is 5.65. The quantitative estimate of drug-likeness (QED) is 0.877. The molecule has 0 spiro atoms. The molecule has 1 aromatic carbocycles. The van der Waals surface area contributed by atoms with Gasteiger partial charge in [0.05, 0.1) is 11.5 Å². The van der Waals surface area contributed by atoms with Gasteiger partial charge in [0.15, 0.2) is 0 Å². The van der Waals surface area contributed by atoms with E-state index in [1.807, 2.05) is 11.8 Å². The highest BCUT2D eigenvalue weighted by Gasteiger charge is 2.23. The molecule has 0 amide bonds. The predicted octanol–water partition coefficient (Wildman–Crippen LogP) is 1.35. The zero-order chi connectivity index (χ0) is 13.0. The fraction of sp³-hybridized carbons (Fsp3) is 0.500. The lowest BCUT2D eigenvalue weighted by Gasteiger charge is -2.22. The van der Waals surface area contributed by atoms with E-state index in [0.29, 0.717) is 5.56 Å². The van der Waals surface area contributed by atoms with Gasteiger partial charge in [0, 0.05) is 6.04 Å². The number of hydrogen-bond donors (Lipinski definition) is 2. The van der Waals surface area contributed by atoms with E-state index in [9.17, 15) is 13.5 Å². The van der Waals surface area contributed by atoms with E-state index in [1.165, 1.54) is 6.07 Å². The first-order chi connectivity index (χ1) is 8.63. The topological polar surface area (TPSA) is 66.4 Å². The molecule has 0 aliphatic carbocycles. The first-order valence-corrected chi connectivity index (χ1v) is 8.56. The predicted molar refractivity (Wildman–Crippen MR) is 73.0 cm³/mol. The Morgan fingerprint density at radius 2 is 1.94 bits per heavy atom. The summed E-state index contributed by atoms with van der Waals surface area (Å²) in [5, 5.41) is 9.19. The van der Waals surface area contributed by atoms with Gasteiger partial charge < -0.3 is 5.11 Å². The van der Waals surface area contributed by atoms with Gasteiger partial charge in [-0.1, -0.05) is 18.2 Å². The van der Waals surface area contributed by atoms with Crippen LogP contribution in [0, 0.1) is 0 Å². The van der Waals surface area contributed by atoms with Crippen molar-refractivity contribution in [2.75, 3.05) is 11.5 Å². The molecule has 1 aromatic rings. The molecule has 0 bridgehead atoms. The van der Waals surface area contributed by atoms with Crippen LogP contribution in [0.5, 0.6) is 0 Å². The standard InChI is InChI=1S/C12H17NO3S2/c14-9-10-3-1-2-4-12(10)18(15,16)13-11-5-7-17-8-6-11/h1-4,11,13-14H,5-9H2. The number of aliphatic hydroxyl groups is 1. The van der Waals surface area contributed by atoms with Crippen LogP contribution in [-0.4, -0.2) is 31.1 Å². The van der Waals surface area contributed by atoms with Crippen LogP contribution in [0.25, 0.3) is 0 Å². The van der Waals surface area contributed by atoms with Crippen LogP contribution in [0.1, 0.15) is 18.4 Å². The molecule has 2 rings (SSSR count). The Morgan fingerprint density at radius 1 is 1.28 bits per heavy atom. The molecule has 1 saturated heterocycles. The number of nitrogens with one attached hydrogen (secondary N) is 1. The normalized spacial score (nSPS) is 17.8. The van der Waals surface area contributed by atoms with Gasteiger partial charge in [0.2, 0.25) is 10.0 Å². The molecular formula is C12H17NO3S2. The summed E-state index contributed by atoms with van der Waals surface area (Å²) in [6.45, 7) is -0.266. The van der Waals surface area contributed by atoms with Gasteiger partial charge in [-0.2, -0.15) is 11.8 Å². The van der Waals surface area contributed by atoms with Crippen molar-refractivity contribution >= 4 is 21.8 Å². The molecule has 0 saturated carbocycles. The van der Waals surface area contributed by atoms with Gasteiger partial charge >= 0.3 is 0 Å². The van der Waals surface area contributed by atoms with Crippen molar-refractivity contribution in [1.29, 1.82) is 0 Å². The molecule has 6 heteroatoms. The zero-order valence-electron chi connectivity index (χ0n) is 10.0. The van der Waals surface area contributed by atoms with Crippen molar-refractivity contribution in [3.8, 4) is 0 Å². The Morgan fingerprint density at radius 3 is 2.61 bits per heavy atom. The first-order valence-electron chi connectivity index (χ1n) is 5.92. The lowest BCUT2D eigenvalue weighted by molar-refractivity contribution is 0.278. The second kappa shape index (κ2) is 6.06. The van der Waals surface area contributed by atoms with Crippen LogP contribution in [0.2, 0.25) is 0 Å². The lowest BCUT2D eigenvalue weighted by atomic mass is 10.2. The van der Waals surface area contributed by atoms with Crippen molar-refractivity contribution in [3.63, 3.8) is 0 Å². The molecule has 1 fully saturated rings. The maximum atomic E-state index is 12.3. The molecule has 1 aliphatic rings. The smallest absolute Gasteiger partial charge is 0.241 e. The Hall–Kier alpha value is -0.560. The molecule has 4 nitrogen and oxygen atoms in total. The Balaban J connectivity index is 2.19. The van der Waals surface area contributed by atoms with Crippen LogP contribution in [0.4, 0.5) is 0 Å². The first kappa shape index (κ1) is 13.9. The van der Waals surface area contributed by atoms with Crippen molar-refractivity contribution in [1.82, 2.24) is 4.72 Å². The average Bonchev–Trinajstić information content (AvgIpc) is 2.39. The number of thioether (sulfide) groups is 1. The van der Waals surface area contributed by atoms with E-state index < -0.39 is 10.0 Å². The minimum atomic E-state index is -3.52. The third kappa shape index (κ3) is 3.26. The molecule has 0 aromatic heterocycles. The molecule has 18 heavy (non-hydrogen) atoms. The highest BCUT2D eigenvalue weighted by Crippen LogP contribution is 2.21. The van der Waals surface area contributed by atoms with Crippen LogP contribution in [-0.2, 0) is 16.6 Å². The summed E-state index contributed by atoms with van der Waals surface area (Å²) in [7, 11) is -3.52. The summed E-state index contributed by atoms with van der Waals surface area (Å²) in [5.74, 6) is 1.99. The summed E-state index contributed by atoms with van der Waals surface area (Å²) in [6, 6.07) is 6.58. The fourth-order valence-corrected chi connectivity index (χ4v) is 4.64. The summed E-state index contributed by atoms with van der Waals surface area (Å²) in [4.78, 5) is 0.186. The van der Waals surface area contributed by atoms with E-state index in [4.69, 9.17) is 0 Å². The van der Waals surface area contributed by atoms with Crippen molar-refractivity contribution in [3.05, 3.63) is 29.8 Å². The molecule has 1 heterocycles.